The summed E-state index contributed by atoms with van der Waals surface area (Å²) in [6.45, 7) is 6.21. The molecule has 0 saturated carbocycles. The molecule has 4 heteroatoms. The number of imidazole rings is 1. The summed E-state index contributed by atoms with van der Waals surface area (Å²) in [5.74, 6) is 1.00. The van der Waals surface area contributed by atoms with Crippen LogP contribution >= 0.6 is 11.6 Å². The van der Waals surface area contributed by atoms with E-state index in [0.717, 1.165) is 41.1 Å². The Bertz CT molecular complexity index is 788. The van der Waals surface area contributed by atoms with Gasteiger partial charge in [-0.15, -0.1) is 0 Å². The minimum Gasteiger partial charge on any atom is -0.281 e. The number of pyridine rings is 1. The molecule has 0 unspecified atom stereocenters. The van der Waals surface area contributed by atoms with E-state index in [1.165, 1.54) is 5.56 Å². The number of halogens is 1. The van der Waals surface area contributed by atoms with Crippen LogP contribution in [0.15, 0.2) is 30.3 Å². The molecule has 0 saturated heterocycles. The third kappa shape index (κ3) is 2.42. The molecule has 108 valence electrons. The van der Waals surface area contributed by atoms with Gasteiger partial charge in [-0.25, -0.2) is 9.97 Å². The van der Waals surface area contributed by atoms with Gasteiger partial charge in [0, 0.05) is 12.1 Å². The van der Waals surface area contributed by atoms with Gasteiger partial charge in [-0.05, 0) is 42.7 Å². The Morgan fingerprint density at radius 1 is 1.05 bits per heavy atom. The van der Waals surface area contributed by atoms with Crippen LogP contribution in [0.2, 0.25) is 5.15 Å². The smallest absolute Gasteiger partial charge is 0.166 e. The fourth-order valence-electron chi connectivity index (χ4n) is 2.51. The number of aryl methyl sites for hydroxylation is 3. The van der Waals surface area contributed by atoms with E-state index in [2.05, 4.69) is 47.7 Å². The molecule has 0 fully saturated rings. The van der Waals surface area contributed by atoms with E-state index in [1.54, 1.807) is 0 Å². The molecule has 0 amide bonds. The Balaban J connectivity index is 2.25. The monoisotopic (exact) mass is 299 g/mol. The summed E-state index contributed by atoms with van der Waals surface area (Å²) in [6.07, 6.45) is 1.89. The zero-order valence-corrected chi connectivity index (χ0v) is 13.3. The van der Waals surface area contributed by atoms with Crippen molar-refractivity contribution in [2.45, 2.75) is 33.6 Å². The molecule has 2 aromatic heterocycles. The van der Waals surface area contributed by atoms with Crippen LogP contribution in [-0.2, 0) is 12.8 Å². The second-order valence-electron chi connectivity index (χ2n) is 5.18. The van der Waals surface area contributed by atoms with Gasteiger partial charge < -0.3 is 0 Å². The summed E-state index contributed by atoms with van der Waals surface area (Å²) >= 11 is 6.19. The van der Waals surface area contributed by atoms with Crippen molar-refractivity contribution in [1.29, 1.82) is 0 Å². The molecule has 0 spiro atoms. The van der Waals surface area contributed by atoms with Crippen LogP contribution in [0, 0.1) is 6.92 Å². The van der Waals surface area contributed by atoms with Gasteiger partial charge in [-0.2, -0.15) is 0 Å². The van der Waals surface area contributed by atoms with E-state index < -0.39 is 0 Å². The van der Waals surface area contributed by atoms with Gasteiger partial charge in [0.1, 0.15) is 16.5 Å². The molecular weight excluding hydrogens is 282 g/mol. The van der Waals surface area contributed by atoms with Gasteiger partial charge in [0.25, 0.3) is 0 Å². The van der Waals surface area contributed by atoms with Crippen LogP contribution in [0.25, 0.3) is 16.9 Å². The second-order valence-corrected chi connectivity index (χ2v) is 5.53. The lowest BCUT2D eigenvalue weighted by molar-refractivity contribution is 0.900. The third-order valence-electron chi connectivity index (χ3n) is 3.75. The summed E-state index contributed by atoms with van der Waals surface area (Å²) in [5, 5.41) is 0.538. The van der Waals surface area contributed by atoms with Crippen molar-refractivity contribution < 1.29 is 0 Å². The lowest BCUT2D eigenvalue weighted by atomic mass is 10.1. The SMILES string of the molecule is CCc1ccc(-n2c(CC)nc3cc(C)c(Cl)nc32)cc1. The Labute approximate surface area is 129 Å². The Kier molecular flexibility index (Phi) is 3.68. The Hall–Kier alpha value is -1.87. The van der Waals surface area contributed by atoms with E-state index in [-0.39, 0.29) is 0 Å². The average molecular weight is 300 g/mol. The van der Waals surface area contributed by atoms with Gasteiger partial charge in [0.05, 0.1) is 0 Å². The van der Waals surface area contributed by atoms with Crippen LogP contribution in [0.5, 0.6) is 0 Å². The second kappa shape index (κ2) is 5.49. The predicted octanol–water partition coefficient (Wildman–Crippen LogP) is 4.51. The Morgan fingerprint density at radius 3 is 2.38 bits per heavy atom. The first-order valence-electron chi connectivity index (χ1n) is 7.27. The number of rotatable bonds is 3. The van der Waals surface area contributed by atoms with Gasteiger partial charge in [-0.1, -0.05) is 37.6 Å². The maximum atomic E-state index is 6.19. The molecule has 2 heterocycles. The van der Waals surface area contributed by atoms with Crippen LogP contribution in [0.4, 0.5) is 0 Å². The molecule has 3 nitrogen and oxygen atoms in total. The zero-order chi connectivity index (χ0) is 15.0. The molecule has 0 bridgehead atoms. The molecular formula is C17H18ClN3. The maximum Gasteiger partial charge on any atom is 0.166 e. The average Bonchev–Trinajstić information content (AvgIpc) is 2.85. The summed E-state index contributed by atoms with van der Waals surface area (Å²) in [7, 11) is 0. The standard InChI is InChI=1S/C17H18ClN3/c1-4-12-6-8-13(9-7-12)21-15(5-2)19-14-10-11(3)16(18)20-17(14)21/h6-10H,4-5H2,1-3H3. The third-order valence-corrected chi connectivity index (χ3v) is 4.13. The number of benzene rings is 1. The first kappa shape index (κ1) is 14.1. The fraction of sp³-hybridized carbons (Fsp3) is 0.294. The number of hydrogen-bond acceptors (Lipinski definition) is 2. The summed E-state index contributed by atoms with van der Waals surface area (Å²) in [4.78, 5) is 9.22. The molecule has 0 aliphatic carbocycles. The van der Waals surface area contributed by atoms with Crippen LogP contribution in [-0.4, -0.2) is 14.5 Å². The first-order valence-corrected chi connectivity index (χ1v) is 7.65. The maximum absolute atomic E-state index is 6.19. The van der Waals surface area contributed by atoms with E-state index in [9.17, 15) is 0 Å². The van der Waals surface area contributed by atoms with Gasteiger partial charge in [-0.3, -0.25) is 4.57 Å². The highest BCUT2D eigenvalue weighted by Gasteiger charge is 2.14. The van der Waals surface area contributed by atoms with Crippen molar-refractivity contribution in [2.24, 2.45) is 0 Å². The molecule has 0 atom stereocenters. The molecule has 21 heavy (non-hydrogen) atoms. The summed E-state index contributed by atoms with van der Waals surface area (Å²) < 4.78 is 2.10. The lowest BCUT2D eigenvalue weighted by Crippen LogP contribution is -2.01. The topological polar surface area (TPSA) is 30.7 Å². The van der Waals surface area contributed by atoms with Crippen molar-refractivity contribution in [3.8, 4) is 5.69 Å². The summed E-state index contributed by atoms with van der Waals surface area (Å²) in [5.41, 5.74) is 5.08. The van der Waals surface area contributed by atoms with E-state index >= 15 is 0 Å². The molecule has 3 aromatic rings. The van der Waals surface area contributed by atoms with Gasteiger partial charge in [0.15, 0.2) is 5.65 Å². The van der Waals surface area contributed by atoms with Crippen LogP contribution in [0.1, 0.15) is 30.8 Å². The molecule has 3 rings (SSSR count). The van der Waals surface area contributed by atoms with Gasteiger partial charge >= 0.3 is 0 Å². The first-order chi connectivity index (χ1) is 10.1. The Morgan fingerprint density at radius 2 is 1.76 bits per heavy atom. The zero-order valence-electron chi connectivity index (χ0n) is 12.5. The quantitative estimate of drug-likeness (QED) is 0.666. The minimum absolute atomic E-state index is 0.538. The highest BCUT2D eigenvalue weighted by atomic mass is 35.5. The normalized spacial score (nSPS) is 11.2. The highest BCUT2D eigenvalue weighted by molar-refractivity contribution is 6.30. The molecule has 0 aliphatic rings. The number of aromatic nitrogens is 3. The van der Waals surface area contributed by atoms with Crippen LogP contribution in [0.3, 0.4) is 0 Å². The molecule has 1 aromatic carbocycles. The largest absolute Gasteiger partial charge is 0.281 e. The molecule has 0 N–H and O–H groups in total. The number of fused-ring (bicyclic) bond motifs is 1. The van der Waals surface area contributed by atoms with Crippen LogP contribution < -0.4 is 0 Å². The number of hydrogen-bond donors (Lipinski definition) is 0. The van der Waals surface area contributed by atoms with Crippen molar-refractivity contribution >= 4 is 22.8 Å². The minimum atomic E-state index is 0.538. The summed E-state index contributed by atoms with van der Waals surface area (Å²) in [6, 6.07) is 10.5. The van der Waals surface area contributed by atoms with Crippen molar-refractivity contribution in [2.75, 3.05) is 0 Å². The highest BCUT2D eigenvalue weighted by Crippen LogP contribution is 2.24. The van der Waals surface area contributed by atoms with E-state index in [1.807, 2.05) is 13.0 Å². The van der Waals surface area contributed by atoms with E-state index in [4.69, 9.17) is 16.6 Å². The van der Waals surface area contributed by atoms with Crippen molar-refractivity contribution in [3.05, 3.63) is 52.4 Å². The predicted molar refractivity (Wildman–Crippen MR) is 87.4 cm³/mol. The fourth-order valence-corrected chi connectivity index (χ4v) is 2.65. The van der Waals surface area contributed by atoms with Crippen molar-refractivity contribution in [1.82, 2.24) is 14.5 Å². The van der Waals surface area contributed by atoms with Crippen molar-refractivity contribution in [3.63, 3.8) is 0 Å². The molecule has 0 aliphatic heterocycles. The van der Waals surface area contributed by atoms with Gasteiger partial charge in [0.2, 0.25) is 0 Å². The van der Waals surface area contributed by atoms with E-state index in [0.29, 0.717) is 5.15 Å². The number of nitrogens with zero attached hydrogens (tertiary/aromatic N) is 3. The lowest BCUT2D eigenvalue weighted by Gasteiger charge is -2.08. The molecule has 0 radical (unpaired) electrons.